The van der Waals surface area contributed by atoms with Crippen molar-refractivity contribution in [2.75, 3.05) is 5.32 Å². The molecule has 2 aromatic carbocycles. The number of benzene rings is 2. The lowest BCUT2D eigenvalue weighted by Crippen LogP contribution is -2.42. The number of halogens is 3. The number of rotatable bonds is 5. The van der Waals surface area contributed by atoms with Crippen molar-refractivity contribution in [2.45, 2.75) is 39.0 Å². The van der Waals surface area contributed by atoms with Gasteiger partial charge in [0.1, 0.15) is 6.54 Å². The van der Waals surface area contributed by atoms with Crippen molar-refractivity contribution in [3.8, 4) is 11.4 Å². The summed E-state index contributed by atoms with van der Waals surface area (Å²) in [5, 5.41) is 18.0. The van der Waals surface area contributed by atoms with Crippen LogP contribution >= 0.6 is 0 Å². The Morgan fingerprint density at radius 1 is 1.03 bits per heavy atom. The number of tetrazole rings is 1. The van der Waals surface area contributed by atoms with Gasteiger partial charge in [0.15, 0.2) is 0 Å². The molecule has 7 nitrogen and oxygen atoms in total. The van der Waals surface area contributed by atoms with Gasteiger partial charge in [0, 0.05) is 22.5 Å². The fraction of sp³-hybridized carbons (Fsp3) is 0.300. The molecule has 0 aliphatic rings. The molecule has 0 spiro atoms. The predicted molar refractivity (Wildman–Crippen MR) is 106 cm³/mol. The zero-order valence-electron chi connectivity index (χ0n) is 16.7. The summed E-state index contributed by atoms with van der Waals surface area (Å²) in [6, 6.07) is 11.8. The Morgan fingerprint density at radius 2 is 1.70 bits per heavy atom. The average molecular weight is 418 g/mol. The fourth-order valence-corrected chi connectivity index (χ4v) is 2.69. The molecule has 10 heteroatoms. The van der Waals surface area contributed by atoms with Gasteiger partial charge < -0.3 is 10.6 Å². The van der Waals surface area contributed by atoms with Crippen LogP contribution in [0, 0.1) is 0 Å². The van der Waals surface area contributed by atoms with Crippen LogP contribution in [0.5, 0.6) is 0 Å². The summed E-state index contributed by atoms with van der Waals surface area (Å²) < 4.78 is 38.2. The largest absolute Gasteiger partial charge is 0.416 e. The average Bonchev–Trinajstić information content (AvgIpc) is 3.08. The zero-order chi connectivity index (χ0) is 21.9. The van der Waals surface area contributed by atoms with Crippen LogP contribution in [0.2, 0.25) is 0 Å². The van der Waals surface area contributed by atoms with Gasteiger partial charge in [-0.3, -0.25) is 4.79 Å². The number of hydrogen-bond donors (Lipinski definition) is 2. The minimum absolute atomic E-state index is 0.0846. The summed E-state index contributed by atoms with van der Waals surface area (Å²) in [6.07, 6.45) is -4.39. The monoisotopic (exact) mass is 418 g/mol. The molecule has 0 fully saturated rings. The summed E-state index contributed by atoms with van der Waals surface area (Å²) >= 11 is 0. The van der Waals surface area contributed by atoms with E-state index < -0.39 is 11.7 Å². The maximum atomic E-state index is 12.7. The van der Waals surface area contributed by atoms with Crippen molar-refractivity contribution in [2.24, 2.45) is 0 Å². The maximum Gasteiger partial charge on any atom is 0.416 e. The molecule has 3 aromatic rings. The van der Waals surface area contributed by atoms with E-state index in [1.54, 1.807) is 24.3 Å². The molecule has 30 heavy (non-hydrogen) atoms. The van der Waals surface area contributed by atoms with E-state index in [2.05, 4.69) is 26.0 Å². The Hall–Kier alpha value is -3.43. The summed E-state index contributed by atoms with van der Waals surface area (Å²) in [4.78, 5) is 13.2. The second-order valence-electron chi connectivity index (χ2n) is 7.69. The lowest BCUT2D eigenvalue weighted by atomic mass is 10.1. The fourth-order valence-electron chi connectivity index (χ4n) is 2.69. The van der Waals surface area contributed by atoms with Gasteiger partial charge in [-0.2, -0.15) is 18.0 Å². The highest BCUT2D eigenvalue weighted by Crippen LogP contribution is 2.32. The van der Waals surface area contributed by atoms with E-state index in [-0.39, 0.29) is 23.8 Å². The number of nitrogens with one attached hydrogen (secondary N) is 2. The normalized spacial score (nSPS) is 11.9. The molecular formula is C20H21F3N6O. The highest BCUT2D eigenvalue weighted by atomic mass is 19.4. The molecule has 0 aliphatic heterocycles. The Bertz CT molecular complexity index is 1020. The maximum absolute atomic E-state index is 12.7. The van der Waals surface area contributed by atoms with Gasteiger partial charge in [0.25, 0.3) is 0 Å². The van der Waals surface area contributed by atoms with Crippen LogP contribution in [0.1, 0.15) is 26.3 Å². The zero-order valence-corrected chi connectivity index (χ0v) is 16.7. The number of anilines is 2. The van der Waals surface area contributed by atoms with Gasteiger partial charge in [-0.05, 0) is 62.4 Å². The van der Waals surface area contributed by atoms with Crippen molar-refractivity contribution < 1.29 is 18.0 Å². The Kier molecular flexibility index (Phi) is 5.77. The number of carbonyl (C=O) groups excluding carboxylic acids is 1. The van der Waals surface area contributed by atoms with Gasteiger partial charge >= 0.3 is 6.18 Å². The lowest BCUT2D eigenvalue weighted by molar-refractivity contribution is -0.137. The lowest BCUT2D eigenvalue weighted by Gasteiger charge is -2.19. The molecule has 0 aliphatic carbocycles. The van der Waals surface area contributed by atoms with Crippen molar-refractivity contribution in [1.82, 2.24) is 25.5 Å². The number of aromatic nitrogens is 4. The molecule has 0 saturated heterocycles. The van der Waals surface area contributed by atoms with Crippen LogP contribution in [-0.2, 0) is 17.5 Å². The van der Waals surface area contributed by atoms with Gasteiger partial charge in [0.05, 0.1) is 5.56 Å². The van der Waals surface area contributed by atoms with Crippen LogP contribution in [0.4, 0.5) is 24.5 Å². The summed E-state index contributed by atoms with van der Waals surface area (Å²) in [7, 11) is 0. The van der Waals surface area contributed by atoms with Crippen LogP contribution in [0.3, 0.4) is 0 Å². The van der Waals surface area contributed by atoms with E-state index in [1.807, 2.05) is 20.8 Å². The van der Waals surface area contributed by atoms with Gasteiger partial charge in [0.2, 0.25) is 11.7 Å². The highest BCUT2D eigenvalue weighted by molar-refractivity contribution is 5.78. The first-order valence-electron chi connectivity index (χ1n) is 9.14. The molecule has 158 valence electrons. The Balaban J connectivity index is 1.77. The topological polar surface area (TPSA) is 84.7 Å². The third-order valence-corrected chi connectivity index (χ3v) is 3.91. The Labute approximate surface area is 171 Å². The van der Waals surface area contributed by atoms with Crippen molar-refractivity contribution in [3.63, 3.8) is 0 Å². The first-order valence-corrected chi connectivity index (χ1v) is 9.14. The quantitative estimate of drug-likeness (QED) is 0.654. The summed E-state index contributed by atoms with van der Waals surface area (Å²) in [5.74, 6) is 0.0381. The van der Waals surface area contributed by atoms with E-state index in [4.69, 9.17) is 0 Å². The molecule has 0 saturated carbocycles. The van der Waals surface area contributed by atoms with Crippen LogP contribution in [-0.4, -0.2) is 31.7 Å². The second-order valence-corrected chi connectivity index (χ2v) is 7.69. The highest BCUT2D eigenvalue weighted by Gasteiger charge is 2.30. The van der Waals surface area contributed by atoms with E-state index in [1.165, 1.54) is 16.9 Å². The van der Waals surface area contributed by atoms with Gasteiger partial charge in [-0.25, -0.2) is 0 Å². The van der Waals surface area contributed by atoms with E-state index in [9.17, 15) is 18.0 Å². The molecule has 0 radical (unpaired) electrons. The molecule has 1 heterocycles. The van der Waals surface area contributed by atoms with Gasteiger partial charge in [-0.1, -0.05) is 12.1 Å². The van der Waals surface area contributed by atoms with Crippen molar-refractivity contribution in [1.29, 1.82) is 0 Å². The smallest absolute Gasteiger partial charge is 0.355 e. The molecule has 0 bridgehead atoms. The number of nitrogens with zero attached hydrogens (tertiary/aromatic N) is 4. The molecule has 2 N–H and O–H groups in total. The van der Waals surface area contributed by atoms with E-state index in [0.717, 1.165) is 12.1 Å². The SMILES string of the molecule is CC(C)(C)NC(=O)Cn1nnc(-c2ccccc2Nc2ccc(C(F)(F)F)cc2)n1. The minimum Gasteiger partial charge on any atom is -0.355 e. The minimum atomic E-state index is -4.39. The molecule has 1 aromatic heterocycles. The number of alkyl halides is 3. The number of hydrogen-bond acceptors (Lipinski definition) is 5. The summed E-state index contributed by atoms with van der Waals surface area (Å²) in [6.45, 7) is 5.52. The number of amides is 1. The third-order valence-electron chi connectivity index (χ3n) is 3.91. The van der Waals surface area contributed by atoms with E-state index >= 15 is 0 Å². The third kappa shape index (κ3) is 5.56. The number of para-hydroxylation sites is 1. The Morgan fingerprint density at radius 3 is 2.33 bits per heavy atom. The molecule has 3 rings (SSSR count). The number of carbonyl (C=O) groups is 1. The standard InChI is InChI=1S/C20H21F3N6O/c1-19(2,3)25-17(30)12-29-27-18(26-28-29)15-6-4-5-7-16(15)24-14-10-8-13(9-11-14)20(21,22)23/h4-11,24H,12H2,1-3H3,(H,25,30). The second kappa shape index (κ2) is 8.13. The van der Waals surface area contributed by atoms with E-state index in [0.29, 0.717) is 16.9 Å². The molecule has 1 amide bonds. The van der Waals surface area contributed by atoms with Crippen molar-refractivity contribution >= 4 is 17.3 Å². The van der Waals surface area contributed by atoms with Crippen LogP contribution in [0.15, 0.2) is 48.5 Å². The molecular weight excluding hydrogens is 397 g/mol. The predicted octanol–water partition coefficient (Wildman–Crippen LogP) is 4.02. The van der Waals surface area contributed by atoms with Gasteiger partial charge in [-0.15, -0.1) is 10.2 Å². The first kappa shape index (κ1) is 21.3. The van der Waals surface area contributed by atoms with Crippen molar-refractivity contribution in [3.05, 3.63) is 54.1 Å². The first-order chi connectivity index (χ1) is 14.0. The molecule has 0 atom stereocenters. The molecule has 0 unspecified atom stereocenters. The van der Waals surface area contributed by atoms with Crippen LogP contribution in [0.25, 0.3) is 11.4 Å². The summed E-state index contributed by atoms with van der Waals surface area (Å²) in [5.41, 5.74) is 0.571. The van der Waals surface area contributed by atoms with Crippen LogP contribution < -0.4 is 10.6 Å².